The molecule has 0 saturated heterocycles. The highest BCUT2D eigenvalue weighted by Gasteiger charge is 2.12. The van der Waals surface area contributed by atoms with Crippen LogP contribution in [0.4, 0.5) is 5.82 Å². The van der Waals surface area contributed by atoms with Crippen LogP contribution < -0.4 is 11.1 Å². The van der Waals surface area contributed by atoms with Crippen LogP contribution in [0, 0.1) is 6.92 Å². The van der Waals surface area contributed by atoms with Gasteiger partial charge in [0.1, 0.15) is 5.82 Å². The average Bonchev–Trinajstić information content (AvgIpc) is 2.88. The molecule has 0 radical (unpaired) electrons. The lowest BCUT2D eigenvalue weighted by Crippen LogP contribution is -2.19. The normalized spacial score (nSPS) is 11.3. The number of rotatable bonds is 4. The highest BCUT2D eigenvalue weighted by Crippen LogP contribution is 2.11. The van der Waals surface area contributed by atoms with Crippen molar-refractivity contribution in [3.63, 3.8) is 0 Å². The minimum atomic E-state index is -0.218. The van der Waals surface area contributed by atoms with Crippen LogP contribution in [0.1, 0.15) is 16.7 Å². The SMILES string of the molecule is Cc1ccc(CC(=O)Nc2[nH]ncc2C(N)=NO)cc1. The van der Waals surface area contributed by atoms with Crippen LogP contribution in [-0.2, 0) is 11.2 Å². The van der Waals surface area contributed by atoms with E-state index in [2.05, 4.69) is 20.7 Å². The lowest BCUT2D eigenvalue weighted by Gasteiger charge is -2.05. The van der Waals surface area contributed by atoms with Gasteiger partial charge in [0, 0.05) is 0 Å². The van der Waals surface area contributed by atoms with Crippen LogP contribution in [0.2, 0.25) is 0 Å². The van der Waals surface area contributed by atoms with Crippen LogP contribution in [0.5, 0.6) is 0 Å². The van der Waals surface area contributed by atoms with Crippen molar-refractivity contribution in [1.29, 1.82) is 0 Å². The number of H-pyrrole nitrogens is 1. The first-order valence-electron chi connectivity index (χ1n) is 5.97. The predicted octanol–water partition coefficient (Wildman–Crippen LogP) is 0.994. The molecular formula is C13H15N5O2. The molecule has 1 heterocycles. The number of benzene rings is 1. The zero-order valence-electron chi connectivity index (χ0n) is 10.9. The number of amides is 1. The summed E-state index contributed by atoms with van der Waals surface area (Å²) in [5.41, 5.74) is 7.85. The number of aromatic nitrogens is 2. The van der Waals surface area contributed by atoms with Gasteiger partial charge < -0.3 is 16.3 Å². The van der Waals surface area contributed by atoms with Crippen molar-refractivity contribution in [3.05, 3.63) is 47.2 Å². The second-order valence-electron chi connectivity index (χ2n) is 4.35. The number of nitrogens with two attached hydrogens (primary N) is 1. The van der Waals surface area contributed by atoms with Gasteiger partial charge in [-0.1, -0.05) is 35.0 Å². The van der Waals surface area contributed by atoms with Crippen molar-refractivity contribution in [2.45, 2.75) is 13.3 Å². The average molecular weight is 273 g/mol. The topological polar surface area (TPSA) is 116 Å². The van der Waals surface area contributed by atoms with Gasteiger partial charge in [0.05, 0.1) is 18.2 Å². The number of aromatic amines is 1. The van der Waals surface area contributed by atoms with Crippen molar-refractivity contribution in [3.8, 4) is 0 Å². The van der Waals surface area contributed by atoms with Crippen LogP contribution >= 0.6 is 0 Å². The first kappa shape index (κ1) is 13.6. The Morgan fingerprint density at radius 2 is 2.15 bits per heavy atom. The van der Waals surface area contributed by atoms with Gasteiger partial charge in [0.15, 0.2) is 5.84 Å². The molecule has 0 fully saturated rings. The Hall–Kier alpha value is -2.83. The van der Waals surface area contributed by atoms with E-state index in [1.165, 1.54) is 6.20 Å². The van der Waals surface area contributed by atoms with E-state index in [9.17, 15) is 4.79 Å². The number of nitrogens with zero attached hydrogens (tertiary/aromatic N) is 2. The number of aryl methyl sites for hydroxylation is 1. The molecule has 20 heavy (non-hydrogen) atoms. The maximum absolute atomic E-state index is 11.9. The number of oxime groups is 1. The summed E-state index contributed by atoms with van der Waals surface area (Å²) in [5.74, 6) is -0.0353. The van der Waals surface area contributed by atoms with E-state index in [1.54, 1.807) is 0 Å². The van der Waals surface area contributed by atoms with E-state index < -0.39 is 0 Å². The minimum absolute atomic E-state index is 0.121. The molecule has 2 aromatic rings. The summed E-state index contributed by atoms with van der Waals surface area (Å²) in [6, 6.07) is 7.68. The number of anilines is 1. The monoisotopic (exact) mass is 273 g/mol. The van der Waals surface area contributed by atoms with Crippen LogP contribution in [-0.4, -0.2) is 27.1 Å². The molecule has 0 bridgehead atoms. The van der Waals surface area contributed by atoms with E-state index in [1.807, 2.05) is 31.2 Å². The number of carbonyl (C=O) groups is 1. The quantitative estimate of drug-likeness (QED) is 0.288. The van der Waals surface area contributed by atoms with Crippen molar-refractivity contribution < 1.29 is 10.0 Å². The van der Waals surface area contributed by atoms with Gasteiger partial charge in [-0.2, -0.15) is 5.10 Å². The fourth-order valence-electron chi connectivity index (χ4n) is 1.70. The lowest BCUT2D eigenvalue weighted by molar-refractivity contribution is -0.115. The van der Waals surface area contributed by atoms with Gasteiger partial charge >= 0.3 is 0 Å². The van der Waals surface area contributed by atoms with Crippen LogP contribution in [0.15, 0.2) is 35.6 Å². The summed E-state index contributed by atoms with van der Waals surface area (Å²) in [5, 5.41) is 20.5. The summed E-state index contributed by atoms with van der Waals surface area (Å²) in [6.45, 7) is 1.98. The fraction of sp³-hybridized carbons (Fsp3) is 0.154. The Balaban J connectivity index is 2.05. The first-order chi connectivity index (χ1) is 9.60. The zero-order chi connectivity index (χ0) is 14.5. The zero-order valence-corrected chi connectivity index (χ0v) is 10.9. The number of hydrogen-bond acceptors (Lipinski definition) is 4. The lowest BCUT2D eigenvalue weighted by atomic mass is 10.1. The number of amidine groups is 1. The van der Waals surface area contributed by atoms with E-state index in [-0.39, 0.29) is 18.2 Å². The molecule has 0 aliphatic rings. The van der Waals surface area contributed by atoms with Gasteiger partial charge in [-0.05, 0) is 12.5 Å². The molecule has 0 unspecified atom stereocenters. The molecule has 7 nitrogen and oxygen atoms in total. The highest BCUT2D eigenvalue weighted by molar-refractivity contribution is 6.04. The smallest absolute Gasteiger partial charge is 0.229 e. The molecule has 0 aliphatic heterocycles. The Kier molecular flexibility index (Phi) is 3.99. The van der Waals surface area contributed by atoms with Gasteiger partial charge in [-0.3, -0.25) is 9.89 Å². The number of nitrogens with one attached hydrogen (secondary N) is 2. The number of hydrogen-bond donors (Lipinski definition) is 4. The van der Waals surface area contributed by atoms with Crippen molar-refractivity contribution >= 4 is 17.6 Å². The van der Waals surface area contributed by atoms with Gasteiger partial charge in [-0.25, -0.2) is 0 Å². The molecule has 1 aromatic heterocycles. The molecule has 104 valence electrons. The second-order valence-corrected chi connectivity index (χ2v) is 4.35. The Morgan fingerprint density at radius 1 is 1.45 bits per heavy atom. The van der Waals surface area contributed by atoms with E-state index in [0.29, 0.717) is 11.4 Å². The Morgan fingerprint density at radius 3 is 2.80 bits per heavy atom. The molecular weight excluding hydrogens is 258 g/mol. The molecule has 0 aliphatic carbocycles. The molecule has 7 heteroatoms. The Labute approximate surface area is 115 Å². The van der Waals surface area contributed by atoms with Crippen molar-refractivity contribution in [1.82, 2.24) is 10.2 Å². The third-order valence-electron chi connectivity index (χ3n) is 2.77. The van der Waals surface area contributed by atoms with E-state index >= 15 is 0 Å². The molecule has 1 aromatic carbocycles. The molecule has 2 rings (SSSR count). The molecule has 0 saturated carbocycles. The molecule has 0 spiro atoms. The van der Waals surface area contributed by atoms with Gasteiger partial charge in [0.25, 0.3) is 0 Å². The second kappa shape index (κ2) is 5.87. The summed E-state index contributed by atoms with van der Waals surface area (Å²) in [4.78, 5) is 11.9. The largest absolute Gasteiger partial charge is 0.409 e. The maximum atomic E-state index is 11.9. The summed E-state index contributed by atoms with van der Waals surface area (Å²) in [6.07, 6.45) is 1.60. The maximum Gasteiger partial charge on any atom is 0.229 e. The third kappa shape index (κ3) is 3.14. The fourth-order valence-corrected chi connectivity index (χ4v) is 1.70. The standard InChI is InChI=1S/C13H15N5O2/c1-8-2-4-9(5-3-8)6-11(19)16-13-10(7-15-17-13)12(14)18-20/h2-5,7,20H,6H2,1H3,(H2,14,18)(H2,15,16,17,19). The van der Waals surface area contributed by atoms with Crippen LogP contribution in [0.25, 0.3) is 0 Å². The highest BCUT2D eigenvalue weighted by atomic mass is 16.4. The summed E-state index contributed by atoms with van der Waals surface area (Å²) < 4.78 is 0. The van der Waals surface area contributed by atoms with E-state index in [0.717, 1.165) is 11.1 Å². The Bertz CT molecular complexity index is 630. The van der Waals surface area contributed by atoms with Crippen molar-refractivity contribution in [2.24, 2.45) is 10.9 Å². The van der Waals surface area contributed by atoms with Gasteiger partial charge in [0.2, 0.25) is 5.91 Å². The van der Waals surface area contributed by atoms with E-state index in [4.69, 9.17) is 10.9 Å². The molecule has 5 N–H and O–H groups in total. The number of carbonyl (C=O) groups excluding carboxylic acids is 1. The van der Waals surface area contributed by atoms with Gasteiger partial charge in [-0.15, -0.1) is 0 Å². The molecule has 1 amide bonds. The summed E-state index contributed by atoms with van der Waals surface area (Å²) in [7, 11) is 0. The molecule has 0 atom stereocenters. The minimum Gasteiger partial charge on any atom is -0.409 e. The third-order valence-corrected chi connectivity index (χ3v) is 2.77. The summed E-state index contributed by atoms with van der Waals surface area (Å²) >= 11 is 0. The van der Waals surface area contributed by atoms with Crippen molar-refractivity contribution in [2.75, 3.05) is 5.32 Å². The first-order valence-corrected chi connectivity index (χ1v) is 5.97. The predicted molar refractivity (Wildman–Crippen MR) is 74.6 cm³/mol. The van der Waals surface area contributed by atoms with Crippen LogP contribution in [0.3, 0.4) is 0 Å².